The predicted octanol–water partition coefficient (Wildman–Crippen LogP) is 2.00. The number of nitriles is 1. The van der Waals surface area contributed by atoms with Gasteiger partial charge in [0.2, 0.25) is 5.91 Å². The van der Waals surface area contributed by atoms with Crippen LogP contribution in [0.2, 0.25) is 0 Å². The van der Waals surface area contributed by atoms with Gasteiger partial charge in [0.05, 0.1) is 33.3 Å². The number of rotatable bonds is 5. The van der Waals surface area contributed by atoms with Crippen molar-refractivity contribution in [3.05, 3.63) is 64.6 Å². The van der Waals surface area contributed by atoms with E-state index in [1.807, 2.05) is 6.07 Å². The largest absolute Gasteiger partial charge is 0.323 e. The van der Waals surface area contributed by atoms with Crippen LogP contribution in [-0.4, -0.2) is 58.8 Å². The van der Waals surface area contributed by atoms with E-state index in [4.69, 9.17) is 16.8 Å². The molecular formula is C22H16N4O6S3. The number of thioether (sulfide) groups is 1. The van der Waals surface area contributed by atoms with Crippen molar-refractivity contribution in [2.24, 2.45) is 0 Å². The van der Waals surface area contributed by atoms with Crippen molar-refractivity contribution in [2.45, 2.75) is 0 Å². The molecule has 0 saturated carbocycles. The van der Waals surface area contributed by atoms with E-state index in [-0.39, 0.29) is 33.5 Å². The highest BCUT2D eigenvalue weighted by Crippen LogP contribution is 2.43. The fraction of sp³-hybridized carbons (Fsp3) is 0.136. The fourth-order valence-electron chi connectivity index (χ4n) is 3.65. The maximum absolute atomic E-state index is 13.4. The molecule has 0 radical (unpaired) electrons. The van der Waals surface area contributed by atoms with E-state index in [1.165, 1.54) is 4.90 Å². The molecular weight excluding hydrogens is 512 g/mol. The van der Waals surface area contributed by atoms with Gasteiger partial charge in [-0.25, -0.2) is 0 Å². The Hall–Kier alpha value is -3.57. The van der Waals surface area contributed by atoms with Crippen LogP contribution in [0, 0.1) is 11.3 Å². The highest BCUT2D eigenvalue weighted by Gasteiger charge is 2.41. The van der Waals surface area contributed by atoms with Crippen molar-refractivity contribution >= 4 is 73.8 Å². The summed E-state index contributed by atoms with van der Waals surface area (Å²) >= 11 is 6.01. The average Bonchev–Trinajstić information content (AvgIpc) is 3.30. The number of benzene rings is 2. The van der Waals surface area contributed by atoms with Gasteiger partial charge < -0.3 is 5.32 Å². The summed E-state index contributed by atoms with van der Waals surface area (Å²) in [6.45, 7) is -0.365. The van der Waals surface area contributed by atoms with E-state index in [0.717, 1.165) is 16.7 Å². The molecule has 0 unspecified atom stereocenters. The lowest BCUT2D eigenvalue weighted by Crippen LogP contribution is -2.36. The van der Waals surface area contributed by atoms with Crippen LogP contribution in [0.25, 0.3) is 5.57 Å². The van der Waals surface area contributed by atoms with Gasteiger partial charge in [-0.05, 0) is 18.2 Å². The molecule has 2 aliphatic heterocycles. The van der Waals surface area contributed by atoms with Crippen molar-refractivity contribution < 1.29 is 27.4 Å². The third-order valence-electron chi connectivity index (χ3n) is 5.16. The predicted molar refractivity (Wildman–Crippen MR) is 134 cm³/mol. The topological polar surface area (TPSA) is 148 Å². The summed E-state index contributed by atoms with van der Waals surface area (Å²) in [6, 6.07) is 15.1. The molecule has 35 heavy (non-hydrogen) atoms. The van der Waals surface area contributed by atoms with Crippen molar-refractivity contribution in [2.75, 3.05) is 28.4 Å². The minimum Gasteiger partial charge on any atom is -0.323 e. The van der Waals surface area contributed by atoms with Crippen LogP contribution < -0.4 is 10.2 Å². The first-order valence-electron chi connectivity index (χ1n) is 9.98. The summed E-state index contributed by atoms with van der Waals surface area (Å²) in [5, 5.41) is 11.9. The molecule has 4 rings (SSSR count). The lowest BCUT2D eigenvalue weighted by atomic mass is 10.1. The van der Waals surface area contributed by atoms with Gasteiger partial charge in [0.25, 0.3) is 21.9 Å². The van der Waals surface area contributed by atoms with Gasteiger partial charge in [-0.3, -0.25) is 28.7 Å². The van der Waals surface area contributed by atoms with Crippen LogP contribution in [0.4, 0.5) is 11.4 Å². The average molecular weight is 529 g/mol. The minimum absolute atomic E-state index is 0.0209. The van der Waals surface area contributed by atoms with Crippen LogP contribution in [0.1, 0.15) is 11.1 Å². The Morgan fingerprint density at radius 3 is 2.54 bits per heavy atom. The van der Waals surface area contributed by atoms with Crippen molar-refractivity contribution in [1.29, 1.82) is 5.26 Å². The summed E-state index contributed by atoms with van der Waals surface area (Å²) in [6.07, 6.45) is 0. The molecule has 10 nitrogen and oxygen atoms in total. The van der Waals surface area contributed by atoms with Gasteiger partial charge >= 0.3 is 0 Å². The number of fused-ring (bicyclic) bond motifs is 1. The third-order valence-corrected chi connectivity index (χ3v) is 7.40. The van der Waals surface area contributed by atoms with E-state index in [1.54, 1.807) is 48.5 Å². The highest BCUT2D eigenvalue weighted by molar-refractivity contribution is 8.04. The second-order valence-corrected chi connectivity index (χ2v) is 10.3. The molecule has 2 aliphatic rings. The number of para-hydroxylation sites is 2. The fourth-order valence-corrected chi connectivity index (χ4v) is 5.90. The maximum Gasteiger partial charge on any atom is 0.271 e. The Morgan fingerprint density at radius 1 is 1.14 bits per heavy atom. The number of thiocarbonyl (C=S) groups is 1. The molecule has 3 amide bonds. The number of nitrogens with zero attached hydrogens (tertiary/aromatic N) is 3. The SMILES string of the molecule is N#Cc1ccccc1NC(=O)CN1C(=O)C(=C2SCN(C(=S)CS(=O)(=O)O)C2=O)c2ccccc21. The van der Waals surface area contributed by atoms with Crippen LogP contribution in [0.3, 0.4) is 0 Å². The molecule has 2 N–H and O–H groups in total. The quantitative estimate of drug-likeness (QED) is 0.338. The van der Waals surface area contributed by atoms with Crippen molar-refractivity contribution in [1.82, 2.24) is 4.90 Å². The Kier molecular flexibility index (Phi) is 6.73. The summed E-state index contributed by atoms with van der Waals surface area (Å²) in [7, 11) is -4.43. The molecule has 0 spiro atoms. The maximum atomic E-state index is 13.4. The Balaban J connectivity index is 1.62. The molecule has 13 heteroatoms. The second kappa shape index (κ2) is 9.59. The summed E-state index contributed by atoms with van der Waals surface area (Å²) in [5.74, 6) is -2.68. The molecule has 0 aliphatic carbocycles. The highest BCUT2D eigenvalue weighted by atomic mass is 32.2. The van der Waals surface area contributed by atoms with Crippen LogP contribution in [0.5, 0.6) is 0 Å². The van der Waals surface area contributed by atoms with Crippen LogP contribution in [-0.2, 0) is 24.5 Å². The van der Waals surface area contributed by atoms with E-state index in [2.05, 4.69) is 5.32 Å². The van der Waals surface area contributed by atoms with E-state index in [0.29, 0.717) is 16.9 Å². The van der Waals surface area contributed by atoms with Gasteiger partial charge in [0.1, 0.15) is 23.4 Å². The Labute approximate surface area is 209 Å². The van der Waals surface area contributed by atoms with Gasteiger partial charge in [-0.2, -0.15) is 13.7 Å². The zero-order valence-electron chi connectivity index (χ0n) is 17.8. The van der Waals surface area contributed by atoms with Crippen LogP contribution in [0.15, 0.2) is 53.4 Å². The smallest absolute Gasteiger partial charge is 0.271 e. The molecule has 2 aromatic rings. The number of carbonyl (C=O) groups excluding carboxylic acids is 3. The molecule has 1 fully saturated rings. The Morgan fingerprint density at radius 2 is 1.83 bits per heavy atom. The molecule has 2 aromatic carbocycles. The van der Waals surface area contributed by atoms with Crippen LogP contribution >= 0.6 is 24.0 Å². The van der Waals surface area contributed by atoms with Gasteiger partial charge in [0.15, 0.2) is 0 Å². The molecule has 0 bridgehead atoms. The summed E-state index contributed by atoms with van der Waals surface area (Å²) < 4.78 is 31.4. The number of hydrogen-bond donors (Lipinski definition) is 2. The van der Waals surface area contributed by atoms with Crippen molar-refractivity contribution in [3.8, 4) is 6.07 Å². The lowest BCUT2D eigenvalue weighted by Gasteiger charge is -2.17. The first-order valence-corrected chi connectivity index (χ1v) is 13.0. The molecule has 2 heterocycles. The van der Waals surface area contributed by atoms with E-state index < -0.39 is 33.6 Å². The van der Waals surface area contributed by atoms with E-state index >= 15 is 0 Å². The zero-order chi connectivity index (χ0) is 25.3. The van der Waals surface area contributed by atoms with Gasteiger partial charge in [0, 0.05) is 5.56 Å². The second-order valence-electron chi connectivity index (χ2n) is 7.44. The van der Waals surface area contributed by atoms with Gasteiger partial charge in [-0.1, -0.05) is 54.3 Å². The summed E-state index contributed by atoms with van der Waals surface area (Å²) in [5.41, 5.74) is 1.53. The first-order chi connectivity index (χ1) is 16.6. The first kappa shape index (κ1) is 24.6. The standard InChI is InChI=1S/C22H16N4O6S3/c23-9-13-5-1-3-7-15(13)24-17(27)10-25-16-8-4-2-6-14(16)19(21(25)28)20-22(29)26(12-34-20)18(33)11-35(30,31)32/h1-8H,10-12H2,(H,24,27)(H,30,31,32). The van der Waals surface area contributed by atoms with Gasteiger partial charge in [-0.15, -0.1) is 0 Å². The molecule has 178 valence electrons. The molecule has 1 saturated heterocycles. The Bertz CT molecular complexity index is 1460. The normalized spacial score (nSPS) is 17.4. The zero-order valence-corrected chi connectivity index (χ0v) is 20.2. The lowest BCUT2D eigenvalue weighted by molar-refractivity contribution is -0.121. The van der Waals surface area contributed by atoms with Crippen molar-refractivity contribution in [3.63, 3.8) is 0 Å². The monoisotopic (exact) mass is 528 g/mol. The number of anilines is 2. The molecule has 0 atom stereocenters. The summed E-state index contributed by atoms with van der Waals surface area (Å²) in [4.78, 5) is 41.2. The third kappa shape index (κ3) is 4.96. The number of hydrogen-bond acceptors (Lipinski definition) is 8. The minimum atomic E-state index is -4.43. The van der Waals surface area contributed by atoms with E-state index in [9.17, 15) is 28.1 Å². The number of carbonyl (C=O) groups is 3. The molecule has 0 aromatic heterocycles. The number of amides is 3. The number of nitrogens with one attached hydrogen (secondary N) is 1.